The molecule has 1 aliphatic heterocycles. The molecule has 118 valence electrons. The first-order chi connectivity index (χ1) is 11.8. The fourth-order valence-corrected chi connectivity index (χ4v) is 2.53. The van der Waals surface area contributed by atoms with Gasteiger partial charge in [-0.1, -0.05) is 24.3 Å². The number of nitrogens with two attached hydrogens (primary N) is 1. The van der Waals surface area contributed by atoms with E-state index in [2.05, 4.69) is 30.5 Å². The summed E-state index contributed by atoms with van der Waals surface area (Å²) in [5.41, 5.74) is 7.97. The van der Waals surface area contributed by atoms with Crippen LogP contribution in [-0.2, 0) is 0 Å². The van der Waals surface area contributed by atoms with Crippen molar-refractivity contribution >= 4 is 33.8 Å². The summed E-state index contributed by atoms with van der Waals surface area (Å²) in [5.74, 6) is 1.17. The van der Waals surface area contributed by atoms with Crippen LogP contribution in [0.4, 0.5) is 17.2 Å². The molecule has 0 spiro atoms. The molecule has 0 fully saturated rings. The van der Waals surface area contributed by atoms with Gasteiger partial charge in [-0.3, -0.25) is 9.98 Å². The van der Waals surface area contributed by atoms with Gasteiger partial charge in [-0.25, -0.2) is 4.98 Å². The maximum Gasteiger partial charge on any atom is 0.151 e. The first-order valence-electron chi connectivity index (χ1n) is 7.61. The Balaban J connectivity index is 1.64. The molecular formula is C17H15N7. The van der Waals surface area contributed by atoms with Gasteiger partial charge in [0.2, 0.25) is 0 Å². The normalized spacial score (nSPS) is 14.1. The van der Waals surface area contributed by atoms with Crippen LogP contribution in [0.5, 0.6) is 0 Å². The highest BCUT2D eigenvalue weighted by atomic mass is 15.1. The van der Waals surface area contributed by atoms with Gasteiger partial charge in [-0.2, -0.15) is 0 Å². The number of hydrogen-bond acceptors (Lipinski definition) is 7. The fourth-order valence-electron chi connectivity index (χ4n) is 2.53. The third-order valence-electron chi connectivity index (χ3n) is 3.73. The standard InChI is InChI=1S/C17H15N7/c18-16-15(13-4-2-1-3-11(13)9-22-16)24-23-12-5-6-14(21-10-12)17-19-7-8-20-17/h1-6,9-10H,7-8H2,(H2,18,22)(H,19,20). The number of aliphatic imine (C=N–C) groups is 1. The topological polar surface area (TPSA) is 101 Å². The molecule has 3 heterocycles. The molecule has 0 amide bonds. The van der Waals surface area contributed by atoms with Gasteiger partial charge >= 0.3 is 0 Å². The predicted molar refractivity (Wildman–Crippen MR) is 94.0 cm³/mol. The highest BCUT2D eigenvalue weighted by Crippen LogP contribution is 2.31. The van der Waals surface area contributed by atoms with Crippen molar-refractivity contribution in [3.05, 3.63) is 54.5 Å². The zero-order chi connectivity index (χ0) is 16.4. The summed E-state index contributed by atoms with van der Waals surface area (Å²) < 4.78 is 0. The zero-order valence-electron chi connectivity index (χ0n) is 12.8. The molecule has 0 radical (unpaired) electrons. The number of azo groups is 1. The van der Waals surface area contributed by atoms with Gasteiger partial charge in [0.1, 0.15) is 22.9 Å². The molecule has 3 aromatic rings. The van der Waals surface area contributed by atoms with Crippen molar-refractivity contribution in [2.45, 2.75) is 0 Å². The van der Waals surface area contributed by atoms with Crippen LogP contribution in [-0.4, -0.2) is 28.9 Å². The molecule has 1 aliphatic rings. The van der Waals surface area contributed by atoms with Gasteiger partial charge in [0.05, 0.1) is 12.7 Å². The van der Waals surface area contributed by atoms with Crippen molar-refractivity contribution in [1.82, 2.24) is 15.3 Å². The Morgan fingerprint density at radius 2 is 1.92 bits per heavy atom. The monoisotopic (exact) mass is 317 g/mol. The molecule has 0 atom stereocenters. The number of nitrogens with zero attached hydrogens (tertiary/aromatic N) is 5. The molecule has 0 bridgehead atoms. The summed E-state index contributed by atoms with van der Waals surface area (Å²) in [6.45, 7) is 1.64. The quantitative estimate of drug-likeness (QED) is 0.725. The Bertz CT molecular complexity index is 945. The Hall–Kier alpha value is -3.35. The average molecular weight is 317 g/mol. The summed E-state index contributed by atoms with van der Waals surface area (Å²) in [7, 11) is 0. The number of amidine groups is 1. The minimum absolute atomic E-state index is 0.353. The van der Waals surface area contributed by atoms with Gasteiger partial charge in [0.25, 0.3) is 0 Å². The molecule has 24 heavy (non-hydrogen) atoms. The van der Waals surface area contributed by atoms with E-state index in [1.54, 1.807) is 12.4 Å². The van der Waals surface area contributed by atoms with Crippen LogP contribution in [0, 0.1) is 0 Å². The number of rotatable bonds is 3. The summed E-state index contributed by atoms with van der Waals surface area (Å²) in [4.78, 5) is 12.9. The SMILES string of the molecule is Nc1ncc2ccccc2c1N=Nc1ccc(C2=NCCN2)nc1. The number of fused-ring (bicyclic) bond motifs is 1. The van der Waals surface area contributed by atoms with Gasteiger partial charge in [-0.05, 0) is 12.1 Å². The lowest BCUT2D eigenvalue weighted by Crippen LogP contribution is -2.20. The maximum atomic E-state index is 5.95. The lowest BCUT2D eigenvalue weighted by atomic mass is 10.1. The van der Waals surface area contributed by atoms with Crippen LogP contribution in [0.15, 0.2) is 64.0 Å². The summed E-state index contributed by atoms with van der Waals surface area (Å²) >= 11 is 0. The first-order valence-corrected chi connectivity index (χ1v) is 7.61. The minimum Gasteiger partial charge on any atom is -0.382 e. The second-order valence-electron chi connectivity index (χ2n) is 5.34. The van der Waals surface area contributed by atoms with Crippen LogP contribution < -0.4 is 11.1 Å². The molecule has 2 aromatic heterocycles. The Kier molecular flexibility index (Phi) is 3.59. The second-order valence-corrected chi connectivity index (χ2v) is 5.34. The molecule has 4 rings (SSSR count). The summed E-state index contributed by atoms with van der Waals surface area (Å²) in [6, 6.07) is 11.5. The van der Waals surface area contributed by atoms with E-state index in [4.69, 9.17) is 5.73 Å². The third kappa shape index (κ3) is 2.67. The van der Waals surface area contributed by atoms with E-state index in [9.17, 15) is 0 Å². The van der Waals surface area contributed by atoms with Gasteiger partial charge in [-0.15, -0.1) is 10.2 Å². The van der Waals surface area contributed by atoms with E-state index >= 15 is 0 Å². The first kappa shape index (κ1) is 14.3. The maximum absolute atomic E-state index is 5.95. The van der Waals surface area contributed by atoms with E-state index in [1.165, 1.54) is 0 Å². The zero-order valence-corrected chi connectivity index (χ0v) is 12.8. The summed E-state index contributed by atoms with van der Waals surface area (Å²) in [5, 5.41) is 13.6. The van der Waals surface area contributed by atoms with Crippen LogP contribution in [0.3, 0.4) is 0 Å². The van der Waals surface area contributed by atoms with E-state index in [0.29, 0.717) is 17.2 Å². The van der Waals surface area contributed by atoms with Gasteiger partial charge < -0.3 is 11.1 Å². The molecule has 0 aliphatic carbocycles. The summed E-state index contributed by atoms with van der Waals surface area (Å²) in [6.07, 6.45) is 3.39. The van der Waals surface area contributed by atoms with Crippen LogP contribution in [0.1, 0.15) is 5.69 Å². The molecule has 7 nitrogen and oxygen atoms in total. The van der Waals surface area contributed by atoms with Crippen molar-refractivity contribution in [3.63, 3.8) is 0 Å². The van der Waals surface area contributed by atoms with E-state index in [0.717, 1.165) is 35.4 Å². The van der Waals surface area contributed by atoms with Crippen LogP contribution in [0.2, 0.25) is 0 Å². The van der Waals surface area contributed by atoms with Gasteiger partial charge in [0.15, 0.2) is 5.82 Å². The predicted octanol–water partition coefficient (Wildman–Crippen LogP) is 2.98. The molecule has 0 unspecified atom stereocenters. The smallest absolute Gasteiger partial charge is 0.151 e. The lowest BCUT2D eigenvalue weighted by molar-refractivity contribution is 0.958. The number of benzene rings is 1. The van der Waals surface area contributed by atoms with E-state index in [1.807, 2.05) is 36.4 Å². The second kappa shape index (κ2) is 6.04. The number of hydrogen-bond donors (Lipinski definition) is 2. The highest BCUT2D eigenvalue weighted by molar-refractivity contribution is 5.98. The Morgan fingerprint density at radius 1 is 1.00 bits per heavy atom. The molecule has 0 saturated carbocycles. The largest absolute Gasteiger partial charge is 0.382 e. The van der Waals surface area contributed by atoms with Crippen molar-refractivity contribution in [2.24, 2.45) is 15.2 Å². The van der Waals surface area contributed by atoms with Crippen molar-refractivity contribution < 1.29 is 0 Å². The number of anilines is 1. The van der Waals surface area contributed by atoms with Crippen LogP contribution >= 0.6 is 0 Å². The van der Waals surface area contributed by atoms with Crippen molar-refractivity contribution in [2.75, 3.05) is 18.8 Å². The van der Waals surface area contributed by atoms with E-state index in [-0.39, 0.29) is 0 Å². The van der Waals surface area contributed by atoms with Crippen LogP contribution in [0.25, 0.3) is 10.8 Å². The molecule has 7 heteroatoms. The molecule has 1 aromatic carbocycles. The number of aromatic nitrogens is 2. The van der Waals surface area contributed by atoms with Crippen molar-refractivity contribution in [3.8, 4) is 0 Å². The Morgan fingerprint density at radius 3 is 2.71 bits per heavy atom. The Labute approximate surface area is 138 Å². The highest BCUT2D eigenvalue weighted by Gasteiger charge is 2.09. The van der Waals surface area contributed by atoms with E-state index < -0.39 is 0 Å². The number of nitrogen functional groups attached to an aromatic ring is 1. The minimum atomic E-state index is 0.353. The number of nitrogens with one attached hydrogen (secondary N) is 1. The number of pyridine rings is 2. The lowest BCUT2D eigenvalue weighted by Gasteiger charge is -2.04. The van der Waals surface area contributed by atoms with Gasteiger partial charge in [0, 0.05) is 23.5 Å². The molecule has 0 saturated heterocycles. The molecular weight excluding hydrogens is 302 g/mol. The average Bonchev–Trinajstić information content (AvgIpc) is 3.16. The fraction of sp³-hybridized carbons (Fsp3) is 0.118. The third-order valence-corrected chi connectivity index (χ3v) is 3.73. The van der Waals surface area contributed by atoms with Crippen molar-refractivity contribution in [1.29, 1.82) is 0 Å². The molecule has 3 N–H and O–H groups in total.